The molecule has 0 unspecified atom stereocenters. The Labute approximate surface area is 142 Å². The maximum Gasteiger partial charge on any atom is 0.308 e. The van der Waals surface area contributed by atoms with Gasteiger partial charge in [0.2, 0.25) is 5.43 Å². The molecule has 0 aliphatic carbocycles. The largest absolute Gasteiger partial charge is 0.463 e. The van der Waals surface area contributed by atoms with Crippen molar-refractivity contribution in [2.75, 3.05) is 0 Å². The highest BCUT2D eigenvalue weighted by Gasteiger charge is 2.12. The van der Waals surface area contributed by atoms with Gasteiger partial charge in [0, 0.05) is 18.4 Å². The van der Waals surface area contributed by atoms with Gasteiger partial charge in [-0.2, -0.15) is 0 Å². The molecule has 122 valence electrons. The van der Waals surface area contributed by atoms with Crippen molar-refractivity contribution in [3.8, 4) is 17.0 Å². The molecule has 0 fully saturated rings. The van der Waals surface area contributed by atoms with Crippen LogP contribution in [0.1, 0.15) is 6.92 Å². The number of hydrogen-bond acceptors (Lipinski definition) is 5. The average Bonchev–Trinajstić information content (AvgIpc) is 2.61. The van der Waals surface area contributed by atoms with E-state index in [-0.39, 0.29) is 5.43 Å². The van der Waals surface area contributed by atoms with Crippen molar-refractivity contribution in [2.45, 2.75) is 6.92 Å². The summed E-state index contributed by atoms with van der Waals surface area (Å²) in [5.74, 6) is -0.0987. The molecule has 4 rings (SSSR count). The number of pyridine rings is 1. The molecule has 4 aromatic rings. The molecular weight excluding hydrogens is 318 g/mol. The van der Waals surface area contributed by atoms with Crippen LogP contribution in [-0.4, -0.2) is 11.0 Å². The Hall–Kier alpha value is -3.47. The van der Waals surface area contributed by atoms with Crippen LogP contribution in [0.25, 0.3) is 33.1 Å². The van der Waals surface area contributed by atoms with Crippen LogP contribution in [0.5, 0.6) is 5.75 Å². The molecule has 2 aromatic heterocycles. The van der Waals surface area contributed by atoms with Crippen molar-refractivity contribution in [3.05, 3.63) is 71.1 Å². The van der Waals surface area contributed by atoms with Gasteiger partial charge in [0.1, 0.15) is 17.6 Å². The second-order valence-electron chi connectivity index (χ2n) is 5.62. The first-order valence-electron chi connectivity index (χ1n) is 7.72. The molecular formula is C20H13NO4. The van der Waals surface area contributed by atoms with Gasteiger partial charge in [0.15, 0.2) is 0 Å². The van der Waals surface area contributed by atoms with E-state index >= 15 is 0 Å². The van der Waals surface area contributed by atoms with Gasteiger partial charge in [-0.15, -0.1) is 0 Å². The Morgan fingerprint density at radius 2 is 1.92 bits per heavy atom. The smallest absolute Gasteiger partial charge is 0.308 e. The molecule has 0 saturated heterocycles. The lowest BCUT2D eigenvalue weighted by Crippen LogP contribution is -2.06. The van der Waals surface area contributed by atoms with Crippen LogP contribution in [0.15, 0.2) is 70.1 Å². The molecule has 2 heterocycles. The summed E-state index contributed by atoms with van der Waals surface area (Å²) in [6, 6.07) is 16.1. The molecule has 25 heavy (non-hydrogen) atoms. The third-order valence-corrected chi connectivity index (χ3v) is 3.88. The summed E-state index contributed by atoms with van der Waals surface area (Å²) < 4.78 is 10.6. The predicted molar refractivity (Wildman–Crippen MR) is 94.5 cm³/mol. The zero-order valence-corrected chi connectivity index (χ0v) is 13.4. The number of esters is 1. The highest BCUT2D eigenvalue weighted by molar-refractivity contribution is 5.85. The van der Waals surface area contributed by atoms with E-state index in [1.165, 1.54) is 19.3 Å². The molecule has 0 aliphatic heterocycles. The molecule has 0 bridgehead atoms. The highest BCUT2D eigenvalue weighted by Crippen LogP contribution is 2.23. The number of ether oxygens (including phenoxy) is 1. The summed E-state index contributed by atoms with van der Waals surface area (Å²) in [5.41, 5.74) is 1.92. The number of aromatic nitrogens is 1. The number of para-hydroxylation sites is 1. The normalized spacial score (nSPS) is 10.9. The molecule has 5 heteroatoms. The first-order valence-corrected chi connectivity index (χ1v) is 7.72. The van der Waals surface area contributed by atoms with Gasteiger partial charge >= 0.3 is 5.97 Å². The van der Waals surface area contributed by atoms with Gasteiger partial charge in [0.05, 0.1) is 22.2 Å². The Morgan fingerprint density at radius 3 is 2.76 bits per heavy atom. The highest BCUT2D eigenvalue weighted by atomic mass is 16.5. The fraction of sp³-hybridized carbons (Fsp3) is 0.0500. The second-order valence-corrected chi connectivity index (χ2v) is 5.62. The third-order valence-electron chi connectivity index (χ3n) is 3.88. The summed E-state index contributed by atoms with van der Waals surface area (Å²) in [7, 11) is 0. The fourth-order valence-corrected chi connectivity index (χ4v) is 2.73. The standard InChI is InChI=1S/C20H13NO4/c1-12(22)25-14-7-8-15-19(10-14)24-11-16(20(15)23)18-9-6-13-4-2-3-5-17(13)21-18/h2-11H,1H3. The van der Waals surface area contributed by atoms with Crippen LogP contribution >= 0.6 is 0 Å². The number of carbonyl (C=O) groups is 1. The topological polar surface area (TPSA) is 69.4 Å². The maximum atomic E-state index is 12.8. The summed E-state index contributed by atoms with van der Waals surface area (Å²) in [6.45, 7) is 1.31. The lowest BCUT2D eigenvalue weighted by molar-refractivity contribution is -0.131. The molecule has 0 N–H and O–H groups in total. The van der Waals surface area contributed by atoms with E-state index in [9.17, 15) is 9.59 Å². The van der Waals surface area contributed by atoms with Gasteiger partial charge in [-0.05, 0) is 24.3 Å². The quantitative estimate of drug-likeness (QED) is 0.411. The number of fused-ring (bicyclic) bond motifs is 2. The van der Waals surface area contributed by atoms with Crippen molar-refractivity contribution in [1.29, 1.82) is 0 Å². The van der Waals surface area contributed by atoms with Crippen molar-refractivity contribution in [1.82, 2.24) is 4.98 Å². The van der Waals surface area contributed by atoms with E-state index in [0.29, 0.717) is 28.0 Å². The zero-order chi connectivity index (χ0) is 17.4. The minimum atomic E-state index is -0.432. The second kappa shape index (κ2) is 5.87. The molecule has 0 amide bonds. The van der Waals surface area contributed by atoms with Gasteiger partial charge in [-0.25, -0.2) is 4.98 Å². The number of hydrogen-bond donors (Lipinski definition) is 0. The first-order chi connectivity index (χ1) is 12.1. The lowest BCUT2D eigenvalue weighted by Gasteiger charge is -2.05. The van der Waals surface area contributed by atoms with Gasteiger partial charge in [-0.1, -0.05) is 24.3 Å². The van der Waals surface area contributed by atoms with E-state index in [1.54, 1.807) is 18.2 Å². The Balaban J connectivity index is 1.85. The summed E-state index contributed by atoms with van der Waals surface area (Å²) in [5, 5.41) is 1.41. The van der Waals surface area contributed by atoms with E-state index in [2.05, 4.69) is 4.98 Å². The van der Waals surface area contributed by atoms with Crippen LogP contribution in [0.3, 0.4) is 0 Å². The molecule has 0 saturated carbocycles. The SMILES string of the molecule is CC(=O)Oc1ccc2c(=O)c(-c3ccc4ccccc4n3)coc2c1. The number of carbonyl (C=O) groups excluding carboxylic acids is 1. The number of benzene rings is 2. The molecule has 0 radical (unpaired) electrons. The third kappa shape index (κ3) is 2.76. The Bertz CT molecular complexity index is 1180. The van der Waals surface area contributed by atoms with Crippen molar-refractivity contribution in [2.24, 2.45) is 0 Å². The predicted octanol–water partition coefficient (Wildman–Crippen LogP) is 3.93. The van der Waals surface area contributed by atoms with Crippen LogP contribution < -0.4 is 10.2 Å². The molecule has 2 aromatic carbocycles. The van der Waals surface area contributed by atoms with E-state index in [4.69, 9.17) is 9.15 Å². The summed E-state index contributed by atoms with van der Waals surface area (Å²) in [6.07, 6.45) is 1.39. The van der Waals surface area contributed by atoms with Crippen LogP contribution in [0.4, 0.5) is 0 Å². The maximum absolute atomic E-state index is 12.8. The number of rotatable bonds is 2. The van der Waals surface area contributed by atoms with Crippen molar-refractivity contribution < 1.29 is 13.9 Å². The van der Waals surface area contributed by atoms with Crippen molar-refractivity contribution >= 4 is 27.8 Å². The van der Waals surface area contributed by atoms with Crippen molar-refractivity contribution in [3.63, 3.8) is 0 Å². The zero-order valence-electron chi connectivity index (χ0n) is 13.4. The number of nitrogens with zero attached hydrogens (tertiary/aromatic N) is 1. The average molecular weight is 331 g/mol. The molecule has 0 aliphatic rings. The van der Waals surface area contributed by atoms with Gasteiger partial charge in [-0.3, -0.25) is 9.59 Å². The Morgan fingerprint density at radius 1 is 1.08 bits per heavy atom. The minimum absolute atomic E-state index is 0.182. The molecule has 0 atom stereocenters. The van der Waals surface area contributed by atoms with Crippen LogP contribution in [0.2, 0.25) is 0 Å². The summed E-state index contributed by atoms with van der Waals surface area (Å²) in [4.78, 5) is 28.4. The Kier molecular flexibility index (Phi) is 3.54. The lowest BCUT2D eigenvalue weighted by atomic mass is 10.1. The molecule has 5 nitrogen and oxygen atoms in total. The van der Waals surface area contributed by atoms with Crippen LogP contribution in [0, 0.1) is 0 Å². The van der Waals surface area contributed by atoms with E-state index in [0.717, 1.165) is 10.9 Å². The van der Waals surface area contributed by atoms with E-state index < -0.39 is 5.97 Å². The van der Waals surface area contributed by atoms with Gasteiger partial charge in [0.25, 0.3) is 0 Å². The summed E-state index contributed by atoms with van der Waals surface area (Å²) >= 11 is 0. The fourth-order valence-electron chi connectivity index (χ4n) is 2.73. The minimum Gasteiger partial charge on any atom is -0.463 e. The molecule has 0 spiro atoms. The van der Waals surface area contributed by atoms with Gasteiger partial charge < -0.3 is 9.15 Å². The first kappa shape index (κ1) is 15.1. The van der Waals surface area contributed by atoms with E-state index in [1.807, 2.05) is 30.3 Å². The monoisotopic (exact) mass is 331 g/mol. The van der Waals surface area contributed by atoms with Crippen LogP contribution in [-0.2, 0) is 4.79 Å².